The second-order valence-electron chi connectivity index (χ2n) is 4.97. The van der Waals surface area contributed by atoms with Crippen molar-refractivity contribution in [3.05, 3.63) is 48.3 Å². The highest BCUT2D eigenvalue weighted by Crippen LogP contribution is 2.32. The molecule has 3 rings (SSSR count). The molecule has 0 fully saturated rings. The lowest BCUT2D eigenvalue weighted by Crippen LogP contribution is -2.36. The summed E-state index contributed by atoms with van der Waals surface area (Å²) in [4.78, 5) is 19.4. The van der Waals surface area contributed by atoms with E-state index in [4.69, 9.17) is 5.73 Å². The van der Waals surface area contributed by atoms with Crippen molar-refractivity contribution in [3.8, 4) is 0 Å². The summed E-state index contributed by atoms with van der Waals surface area (Å²) in [5.41, 5.74) is 8.88. The van der Waals surface area contributed by atoms with Crippen LogP contribution in [0.3, 0.4) is 0 Å². The van der Waals surface area contributed by atoms with E-state index in [1.54, 1.807) is 12.4 Å². The smallest absolute Gasteiger partial charge is 0.237 e. The van der Waals surface area contributed by atoms with Gasteiger partial charge in [0.05, 0.1) is 5.75 Å². The van der Waals surface area contributed by atoms with E-state index in [2.05, 4.69) is 4.98 Å². The van der Waals surface area contributed by atoms with Gasteiger partial charge in [-0.2, -0.15) is 0 Å². The molecule has 116 valence electrons. The summed E-state index contributed by atoms with van der Waals surface area (Å²) < 4.78 is 0. The predicted octanol–water partition coefficient (Wildman–Crippen LogP) is 3.16. The first-order valence-corrected chi connectivity index (χ1v) is 7.95. The number of carbonyl (C=O) groups excluding carboxylic acids is 1. The van der Waals surface area contributed by atoms with E-state index in [0.717, 1.165) is 41.2 Å². The maximum Gasteiger partial charge on any atom is 0.237 e. The number of carbonyl (C=O) groups is 1. The lowest BCUT2D eigenvalue weighted by molar-refractivity contribution is -0.116. The van der Waals surface area contributed by atoms with E-state index in [0.29, 0.717) is 5.75 Å². The van der Waals surface area contributed by atoms with Crippen LogP contribution in [0.5, 0.6) is 0 Å². The van der Waals surface area contributed by atoms with Crippen molar-refractivity contribution in [1.82, 2.24) is 4.98 Å². The molecule has 0 aliphatic carbocycles. The van der Waals surface area contributed by atoms with Crippen LogP contribution in [0.2, 0.25) is 0 Å². The Bertz CT molecular complexity index is 651. The molecular formula is C16H18ClN3OS. The minimum atomic E-state index is 0. The number of rotatable bonds is 3. The van der Waals surface area contributed by atoms with Crippen LogP contribution in [0, 0.1) is 0 Å². The average molecular weight is 336 g/mol. The Labute approximate surface area is 140 Å². The molecule has 0 saturated heterocycles. The summed E-state index contributed by atoms with van der Waals surface area (Å²) >= 11 is 1.54. The van der Waals surface area contributed by atoms with Crippen molar-refractivity contribution in [2.24, 2.45) is 0 Å². The molecule has 0 atom stereocenters. The highest BCUT2D eigenvalue weighted by molar-refractivity contribution is 8.00. The zero-order valence-electron chi connectivity index (χ0n) is 12.1. The normalized spacial score (nSPS) is 13.2. The van der Waals surface area contributed by atoms with Crippen molar-refractivity contribution >= 4 is 41.5 Å². The Morgan fingerprint density at radius 2 is 2.05 bits per heavy atom. The van der Waals surface area contributed by atoms with Gasteiger partial charge in [-0.1, -0.05) is 6.07 Å². The first kappa shape index (κ1) is 16.6. The first-order valence-electron chi connectivity index (χ1n) is 6.96. The average Bonchev–Trinajstić information content (AvgIpc) is 2.53. The summed E-state index contributed by atoms with van der Waals surface area (Å²) in [6.45, 7) is 0.770. The number of fused-ring (bicyclic) bond motifs is 1. The Hall–Kier alpha value is -1.72. The van der Waals surface area contributed by atoms with Gasteiger partial charge in [-0.3, -0.25) is 9.78 Å². The fraction of sp³-hybridized carbons (Fsp3) is 0.250. The van der Waals surface area contributed by atoms with E-state index in [1.165, 1.54) is 11.8 Å². The van der Waals surface area contributed by atoms with Gasteiger partial charge in [0.15, 0.2) is 0 Å². The third kappa shape index (κ3) is 3.54. The molecule has 0 spiro atoms. The number of hydrogen-bond acceptors (Lipinski definition) is 4. The molecule has 1 aliphatic heterocycles. The summed E-state index contributed by atoms with van der Waals surface area (Å²) in [5, 5.41) is 0. The quantitative estimate of drug-likeness (QED) is 0.691. The van der Waals surface area contributed by atoms with Crippen LogP contribution in [-0.2, 0) is 11.2 Å². The largest absolute Gasteiger partial charge is 0.398 e. The molecule has 0 unspecified atom stereocenters. The molecule has 0 bridgehead atoms. The number of benzene rings is 1. The maximum absolute atomic E-state index is 12.5. The summed E-state index contributed by atoms with van der Waals surface area (Å²) in [6, 6.07) is 9.63. The number of anilines is 2. The number of nitrogens with zero attached hydrogens (tertiary/aromatic N) is 2. The van der Waals surface area contributed by atoms with Crippen LogP contribution in [-0.4, -0.2) is 23.2 Å². The topological polar surface area (TPSA) is 59.2 Å². The monoisotopic (exact) mass is 335 g/mol. The summed E-state index contributed by atoms with van der Waals surface area (Å²) in [6.07, 6.45) is 5.39. The Kier molecular flexibility index (Phi) is 5.69. The molecular weight excluding hydrogens is 318 g/mol. The zero-order valence-corrected chi connectivity index (χ0v) is 13.7. The van der Waals surface area contributed by atoms with Crippen LogP contribution in [0.4, 0.5) is 11.4 Å². The van der Waals surface area contributed by atoms with Crippen molar-refractivity contribution in [2.45, 2.75) is 17.7 Å². The van der Waals surface area contributed by atoms with Crippen LogP contribution in [0.25, 0.3) is 0 Å². The summed E-state index contributed by atoms with van der Waals surface area (Å²) in [5.74, 6) is 0.557. The standard InChI is InChI=1S/C16H17N3OS.ClH/c17-14-4-1-5-15-13(14)3-2-10-19(15)16(20)11-21-12-6-8-18-9-7-12;/h1,4-9H,2-3,10-11,17H2;1H. The summed E-state index contributed by atoms with van der Waals surface area (Å²) in [7, 11) is 0. The van der Waals surface area contributed by atoms with Gasteiger partial charge in [-0.25, -0.2) is 0 Å². The lowest BCUT2D eigenvalue weighted by atomic mass is 10.00. The molecule has 0 saturated carbocycles. The van der Waals surface area contributed by atoms with Gasteiger partial charge >= 0.3 is 0 Å². The third-order valence-corrected chi connectivity index (χ3v) is 4.60. The van der Waals surface area contributed by atoms with Gasteiger partial charge in [-0.15, -0.1) is 24.2 Å². The second kappa shape index (κ2) is 7.51. The number of pyridine rings is 1. The van der Waals surface area contributed by atoms with Crippen LogP contribution >= 0.6 is 24.2 Å². The Morgan fingerprint density at radius 3 is 2.82 bits per heavy atom. The minimum Gasteiger partial charge on any atom is -0.398 e. The van der Waals surface area contributed by atoms with E-state index in [1.807, 2.05) is 35.2 Å². The Morgan fingerprint density at radius 1 is 1.27 bits per heavy atom. The highest BCUT2D eigenvalue weighted by atomic mass is 35.5. The molecule has 4 nitrogen and oxygen atoms in total. The molecule has 2 N–H and O–H groups in total. The fourth-order valence-electron chi connectivity index (χ4n) is 2.57. The van der Waals surface area contributed by atoms with Crippen molar-refractivity contribution in [2.75, 3.05) is 22.9 Å². The molecule has 22 heavy (non-hydrogen) atoms. The predicted molar refractivity (Wildman–Crippen MR) is 93.7 cm³/mol. The van der Waals surface area contributed by atoms with Crippen molar-refractivity contribution < 1.29 is 4.79 Å². The molecule has 1 aromatic heterocycles. The number of halogens is 1. The number of nitrogens with two attached hydrogens (primary N) is 1. The molecule has 1 aliphatic rings. The van der Waals surface area contributed by atoms with E-state index in [9.17, 15) is 4.79 Å². The highest BCUT2D eigenvalue weighted by Gasteiger charge is 2.23. The number of hydrogen-bond donors (Lipinski definition) is 1. The van der Waals surface area contributed by atoms with E-state index < -0.39 is 0 Å². The molecule has 0 radical (unpaired) electrons. The Balaban J connectivity index is 0.00000176. The second-order valence-corrected chi connectivity index (χ2v) is 6.01. The van der Waals surface area contributed by atoms with Gasteiger partial charge in [0.1, 0.15) is 0 Å². The number of nitrogen functional groups attached to an aromatic ring is 1. The molecule has 1 amide bonds. The number of aromatic nitrogens is 1. The number of thioether (sulfide) groups is 1. The van der Waals surface area contributed by atoms with Crippen LogP contribution in [0.15, 0.2) is 47.6 Å². The molecule has 1 aromatic carbocycles. The van der Waals surface area contributed by atoms with Gasteiger partial charge in [0.25, 0.3) is 0 Å². The van der Waals surface area contributed by atoms with Crippen LogP contribution in [0.1, 0.15) is 12.0 Å². The van der Waals surface area contributed by atoms with Crippen molar-refractivity contribution in [3.63, 3.8) is 0 Å². The minimum absolute atomic E-state index is 0. The van der Waals surface area contributed by atoms with Gasteiger partial charge in [-0.05, 0) is 42.7 Å². The first-order chi connectivity index (χ1) is 10.3. The van der Waals surface area contributed by atoms with E-state index in [-0.39, 0.29) is 18.3 Å². The zero-order chi connectivity index (χ0) is 14.7. The maximum atomic E-state index is 12.5. The van der Waals surface area contributed by atoms with Crippen LogP contribution < -0.4 is 10.6 Å². The van der Waals surface area contributed by atoms with Gasteiger partial charge < -0.3 is 10.6 Å². The third-order valence-electron chi connectivity index (χ3n) is 3.60. The molecule has 6 heteroatoms. The SMILES string of the molecule is Cl.Nc1cccc2c1CCCN2C(=O)CSc1ccncc1. The number of amides is 1. The van der Waals surface area contributed by atoms with Gasteiger partial charge in [0.2, 0.25) is 5.91 Å². The lowest BCUT2D eigenvalue weighted by Gasteiger charge is -2.30. The van der Waals surface area contributed by atoms with Gasteiger partial charge in [0, 0.05) is 35.2 Å². The molecule has 2 heterocycles. The molecule has 2 aromatic rings. The van der Waals surface area contributed by atoms with Crippen molar-refractivity contribution in [1.29, 1.82) is 0 Å². The van der Waals surface area contributed by atoms with E-state index >= 15 is 0 Å². The fourth-order valence-corrected chi connectivity index (χ4v) is 3.33.